The molecule has 1 atom stereocenters. The second-order valence-electron chi connectivity index (χ2n) is 3.56. The minimum atomic E-state index is 0.884. The molecule has 1 nitrogen and oxygen atoms in total. The van der Waals surface area contributed by atoms with E-state index in [4.69, 9.17) is 0 Å². The molecule has 54 valence electrons. The van der Waals surface area contributed by atoms with Gasteiger partial charge in [-0.3, -0.25) is 0 Å². The highest BCUT2D eigenvalue weighted by Crippen LogP contribution is 2.21. The molecule has 0 spiro atoms. The standard InChI is InChI=1S/C8H17N/c1-7(2)8-4-5-9(3)6-8/h7-8H,4-6H2,1-3H3/t8-/m1/s1. The summed E-state index contributed by atoms with van der Waals surface area (Å²) in [4.78, 5) is 2.42. The molecule has 1 aliphatic rings. The minimum absolute atomic E-state index is 0.884. The van der Waals surface area contributed by atoms with Crippen LogP contribution in [0.25, 0.3) is 0 Å². The van der Waals surface area contributed by atoms with Crippen molar-refractivity contribution in [3.8, 4) is 0 Å². The van der Waals surface area contributed by atoms with Crippen LogP contribution in [0, 0.1) is 11.8 Å². The van der Waals surface area contributed by atoms with E-state index in [9.17, 15) is 0 Å². The zero-order valence-corrected chi connectivity index (χ0v) is 6.72. The molecule has 1 aliphatic heterocycles. The first-order chi connectivity index (χ1) is 4.20. The third-order valence-electron chi connectivity index (χ3n) is 2.37. The fourth-order valence-corrected chi connectivity index (χ4v) is 1.51. The first kappa shape index (κ1) is 7.07. The SMILES string of the molecule is CC(C)[C@@H]1CCN(C)C1. The van der Waals surface area contributed by atoms with Gasteiger partial charge in [-0.15, -0.1) is 0 Å². The fraction of sp³-hybridized carbons (Fsp3) is 1.00. The number of likely N-dealkylation sites (tertiary alicyclic amines) is 1. The molecule has 0 N–H and O–H groups in total. The summed E-state index contributed by atoms with van der Waals surface area (Å²) >= 11 is 0. The summed E-state index contributed by atoms with van der Waals surface area (Å²) in [6.45, 7) is 7.27. The number of rotatable bonds is 1. The molecule has 1 saturated heterocycles. The van der Waals surface area contributed by atoms with Gasteiger partial charge in [0.05, 0.1) is 0 Å². The van der Waals surface area contributed by atoms with Gasteiger partial charge in [0.1, 0.15) is 0 Å². The summed E-state index contributed by atoms with van der Waals surface area (Å²) in [7, 11) is 2.21. The topological polar surface area (TPSA) is 3.24 Å². The minimum Gasteiger partial charge on any atom is -0.306 e. The van der Waals surface area contributed by atoms with Crippen LogP contribution in [0.1, 0.15) is 20.3 Å². The average Bonchev–Trinajstić information content (AvgIpc) is 2.14. The summed E-state index contributed by atoms with van der Waals surface area (Å²) in [6, 6.07) is 0. The molecule has 9 heavy (non-hydrogen) atoms. The van der Waals surface area contributed by atoms with Crippen molar-refractivity contribution in [2.24, 2.45) is 11.8 Å². The van der Waals surface area contributed by atoms with Crippen molar-refractivity contribution in [3.05, 3.63) is 0 Å². The van der Waals surface area contributed by atoms with Crippen molar-refractivity contribution in [3.63, 3.8) is 0 Å². The summed E-state index contributed by atoms with van der Waals surface area (Å²) in [5, 5.41) is 0. The molecule has 1 rings (SSSR count). The van der Waals surface area contributed by atoms with Crippen LogP contribution in [0.15, 0.2) is 0 Å². The van der Waals surface area contributed by atoms with Crippen molar-refractivity contribution in [2.75, 3.05) is 20.1 Å². The van der Waals surface area contributed by atoms with E-state index in [-0.39, 0.29) is 0 Å². The summed E-state index contributed by atoms with van der Waals surface area (Å²) in [5.74, 6) is 1.85. The molecular weight excluding hydrogens is 110 g/mol. The lowest BCUT2D eigenvalue weighted by atomic mass is 9.95. The first-order valence-corrected chi connectivity index (χ1v) is 3.88. The predicted molar refractivity (Wildman–Crippen MR) is 40.4 cm³/mol. The molecule has 0 aliphatic carbocycles. The van der Waals surface area contributed by atoms with E-state index in [1.54, 1.807) is 0 Å². The van der Waals surface area contributed by atoms with Gasteiger partial charge in [-0.25, -0.2) is 0 Å². The number of nitrogens with zero attached hydrogens (tertiary/aromatic N) is 1. The molecule has 1 fully saturated rings. The lowest BCUT2D eigenvalue weighted by Gasteiger charge is -2.13. The van der Waals surface area contributed by atoms with Gasteiger partial charge >= 0.3 is 0 Å². The third kappa shape index (κ3) is 1.68. The van der Waals surface area contributed by atoms with Crippen molar-refractivity contribution < 1.29 is 0 Å². The summed E-state index contributed by atoms with van der Waals surface area (Å²) < 4.78 is 0. The van der Waals surface area contributed by atoms with Crippen LogP contribution in [0.3, 0.4) is 0 Å². The molecule has 0 aromatic heterocycles. The molecule has 0 aromatic rings. The Morgan fingerprint density at radius 1 is 1.44 bits per heavy atom. The maximum Gasteiger partial charge on any atom is 0.000953 e. The molecule has 0 amide bonds. The van der Waals surface area contributed by atoms with Gasteiger partial charge in [0.15, 0.2) is 0 Å². The average molecular weight is 127 g/mol. The van der Waals surface area contributed by atoms with E-state index >= 15 is 0 Å². The summed E-state index contributed by atoms with van der Waals surface area (Å²) in [6.07, 6.45) is 1.41. The van der Waals surface area contributed by atoms with Gasteiger partial charge in [0.2, 0.25) is 0 Å². The quantitative estimate of drug-likeness (QED) is 0.517. The number of hydrogen-bond acceptors (Lipinski definition) is 1. The Balaban J connectivity index is 2.30. The van der Waals surface area contributed by atoms with Gasteiger partial charge in [0, 0.05) is 6.54 Å². The Bertz CT molecular complexity index is 88.6. The van der Waals surface area contributed by atoms with E-state index in [1.807, 2.05) is 0 Å². The highest BCUT2D eigenvalue weighted by atomic mass is 15.1. The summed E-state index contributed by atoms with van der Waals surface area (Å²) in [5.41, 5.74) is 0. The van der Waals surface area contributed by atoms with Crippen LogP contribution in [0.4, 0.5) is 0 Å². The smallest absolute Gasteiger partial charge is 0.000953 e. The van der Waals surface area contributed by atoms with E-state index < -0.39 is 0 Å². The van der Waals surface area contributed by atoms with Crippen LogP contribution in [-0.4, -0.2) is 25.0 Å². The van der Waals surface area contributed by atoms with Gasteiger partial charge in [-0.05, 0) is 31.8 Å². The van der Waals surface area contributed by atoms with Crippen molar-refractivity contribution in [1.29, 1.82) is 0 Å². The largest absolute Gasteiger partial charge is 0.306 e. The predicted octanol–water partition coefficient (Wildman–Crippen LogP) is 1.59. The van der Waals surface area contributed by atoms with Crippen LogP contribution >= 0.6 is 0 Å². The Labute approximate surface area is 58.0 Å². The van der Waals surface area contributed by atoms with Crippen LogP contribution < -0.4 is 0 Å². The molecular formula is C8H17N. The highest BCUT2D eigenvalue weighted by molar-refractivity contribution is 4.74. The second-order valence-corrected chi connectivity index (χ2v) is 3.56. The van der Waals surface area contributed by atoms with Gasteiger partial charge in [0.25, 0.3) is 0 Å². The van der Waals surface area contributed by atoms with Crippen LogP contribution in [-0.2, 0) is 0 Å². The Kier molecular flexibility index (Phi) is 2.12. The molecule has 0 saturated carbocycles. The van der Waals surface area contributed by atoms with Crippen molar-refractivity contribution >= 4 is 0 Å². The monoisotopic (exact) mass is 127 g/mol. The molecule has 0 bridgehead atoms. The highest BCUT2D eigenvalue weighted by Gasteiger charge is 2.21. The van der Waals surface area contributed by atoms with Crippen molar-refractivity contribution in [2.45, 2.75) is 20.3 Å². The van der Waals surface area contributed by atoms with Crippen molar-refractivity contribution in [1.82, 2.24) is 4.90 Å². The van der Waals surface area contributed by atoms with E-state index in [1.165, 1.54) is 19.5 Å². The van der Waals surface area contributed by atoms with E-state index in [0.29, 0.717) is 0 Å². The molecule has 1 heterocycles. The Morgan fingerprint density at radius 2 is 2.11 bits per heavy atom. The maximum atomic E-state index is 2.42. The van der Waals surface area contributed by atoms with Gasteiger partial charge in [-0.1, -0.05) is 13.8 Å². The van der Waals surface area contributed by atoms with Crippen LogP contribution in [0.2, 0.25) is 0 Å². The Hall–Kier alpha value is -0.0400. The third-order valence-corrected chi connectivity index (χ3v) is 2.37. The first-order valence-electron chi connectivity index (χ1n) is 3.88. The molecule has 0 unspecified atom stereocenters. The van der Waals surface area contributed by atoms with E-state index in [0.717, 1.165) is 11.8 Å². The maximum absolute atomic E-state index is 2.42. The van der Waals surface area contributed by atoms with Crippen LogP contribution in [0.5, 0.6) is 0 Å². The zero-order valence-electron chi connectivity index (χ0n) is 6.72. The molecule has 0 radical (unpaired) electrons. The fourth-order valence-electron chi connectivity index (χ4n) is 1.51. The second kappa shape index (κ2) is 2.70. The Morgan fingerprint density at radius 3 is 2.33 bits per heavy atom. The molecule has 0 aromatic carbocycles. The van der Waals surface area contributed by atoms with Gasteiger partial charge in [-0.2, -0.15) is 0 Å². The lowest BCUT2D eigenvalue weighted by Crippen LogP contribution is -2.16. The number of hydrogen-bond donors (Lipinski definition) is 0. The van der Waals surface area contributed by atoms with E-state index in [2.05, 4.69) is 25.8 Å². The van der Waals surface area contributed by atoms with Gasteiger partial charge < -0.3 is 4.90 Å². The zero-order chi connectivity index (χ0) is 6.85. The lowest BCUT2D eigenvalue weighted by molar-refractivity contribution is 0.352. The molecule has 1 heteroatoms. The normalized spacial score (nSPS) is 30.0.